The minimum atomic E-state index is 0.439. The van der Waals surface area contributed by atoms with Gasteiger partial charge < -0.3 is 9.80 Å². The topological polar surface area (TPSA) is 23.6 Å². The molecule has 3 heteroatoms. The molecule has 2 saturated heterocycles. The van der Waals surface area contributed by atoms with Crippen molar-refractivity contribution in [2.24, 2.45) is 11.3 Å². The fraction of sp³-hybridized carbons (Fsp3) is 0.941. The lowest BCUT2D eigenvalue weighted by Crippen LogP contribution is -2.62. The average molecular weight is 278 g/mol. The molecule has 3 rings (SSSR count). The lowest BCUT2D eigenvalue weighted by atomic mass is 9.71. The second kappa shape index (κ2) is 5.67. The summed E-state index contributed by atoms with van der Waals surface area (Å²) in [6.07, 6.45) is 8.66. The number of carbonyl (C=O) groups excluding carboxylic acids is 1. The molecule has 0 aromatic heterocycles. The van der Waals surface area contributed by atoms with Crippen LogP contribution in [-0.4, -0.2) is 47.9 Å². The van der Waals surface area contributed by atoms with Gasteiger partial charge in [0.25, 0.3) is 0 Å². The van der Waals surface area contributed by atoms with Crippen molar-refractivity contribution in [3.63, 3.8) is 0 Å². The number of rotatable bonds is 3. The van der Waals surface area contributed by atoms with E-state index >= 15 is 0 Å². The van der Waals surface area contributed by atoms with Crippen LogP contribution in [0.3, 0.4) is 0 Å². The van der Waals surface area contributed by atoms with Crippen LogP contribution in [0.4, 0.5) is 0 Å². The SMILES string of the molecule is CC(C)N1CCC2(CC1)CN(C(=O)CC1CCCC1)C2. The molecule has 0 aromatic carbocycles. The van der Waals surface area contributed by atoms with Crippen LogP contribution in [0.1, 0.15) is 58.8 Å². The molecule has 3 fully saturated rings. The lowest BCUT2D eigenvalue weighted by Gasteiger charge is -2.54. The molecule has 0 unspecified atom stereocenters. The first-order valence-corrected chi connectivity index (χ1v) is 8.60. The third-order valence-electron chi connectivity index (χ3n) is 5.93. The summed E-state index contributed by atoms with van der Waals surface area (Å²) >= 11 is 0. The van der Waals surface area contributed by atoms with Gasteiger partial charge in [-0.1, -0.05) is 12.8 Å². The van der Waals surface area contributed by atoms with Crippen molar-refractivity contribution in [2.45, 2.75) is 64.8 Å². The quantitative estimate of drug-likeness (QED) is 0.792. The van der Waals surface area contributed by atoms with Gasteiger partial charge in [0, 0.05) is 31.0 Å². The van der Waals surface area contributed by atoms with E-state index in [4.69, 9.17) is 0 Å². The van der Waals surface area contributed by atoms with Gasteiger partial charge in [-0.2, -0.15) is 0 Å². The van der Waals surface area contributed by atoms with Crippen LogP contribution in [0.15, 0.2) is 0 Å². The van der Waals surface area contributed by atoms with Crippen LogP contribution in [-0.2, 0) is 4.79 Å². The van der Waals surface area contributed by atoms with Crippen LogP contribution >= 0.6 is 0 Å². The highest BCUT2D eigenvalue weighted by Gasteiger charge is 2.46. The zero-order valence-electron chi connectivity index (χ0n) is 13.2. The van der Waals surface area contributed by atoms with E-state index in [0.717, 1.165) is 19.5 Å². The van der Waals surface area contributed by atoms with E-state index in [0.29, 0.717) is 23.3 Å². The standard InChI is InChI=1S/C17H30N2O/c1-14(2)18-9-7-17(8-10-18)12-19(13-17)16(20)11-15-5-3-4-6-15/h14-15H,3-13H2,1-2H3. The Labute approximate surface area is 123 Å². The predicted octanol–water partition coefficient (Wildman–Crippen LogP) is 2.90. The Bertz CT molecular complexity index is 344. The first kappa shape index (κ1) is 14.4. The van der Waals surface area contributed by atoms with Crippen molar-refractivity contribution in [3.05, 3.63) is 0 Å². The third kappa shape index (κ3) is 2.88. The molecule has 0 bridgehead atoms. The highest BCUT2D eigenvalue weighted by molar-refractivity contribution is 5.77. The lowest BCUT2D eigenvalue weighted by molar-refractivity contribution is -0.148. The fourth-order valence-electron chi connectivity index (χ4n) is 4.36. The molecule has 0 radical (unpaired) electrons. The molecule has 2 aliphatic heterocycles. The Balaban J connectivity index is 1.43. The van der Waals surface area contributed by atoms with E-state index in [1.165, 1.54) is 51.6 Å². The van der Waals surface area contributed by atoms with E-state index in [1.54, 1.807) is 0 Å². The van der Waals surface area contributed by atoms with Crippen molar-refractivity contribution < 1.29 is 4.79 Å². The largest absolute Gasteiger partial charge is 0.341 e. The second-order valence-electron chi connectivity index (χ2n) is 7.73. The number of carbonyl (C=O) groups is 1. The van der Waals surface area contributed by atoms with E-state index in [1.807, 2.05) is 0 Å². The molecule has 2 heterocycles. The zero-order valence-corrected chi connectivity index (χ0v) is 13.2. The Morgan fingerprint density at radius 1 is 1.15 bits per heavy atom. The number of piperidine rings is 1. The van der Waals surface area contributed by atoms with Gasteiger partial charge in [0.2, 0.25) is 5.91 Å². The van der Waals surface area contributed by atoms with E-state index < -0.39 is 0 Å². The van der Waals surface area contributed by atoms with Crippen molar-refractivity contribution in [2.75, 3.05) is 26.2 Å². The number of hydrogen-bond donors (Lipinski definition) is 0. The van der Waals surface area contributed by atoms with Gasteiger partial charge in [0.15, 0.2) is 0 Å². The minimum absolute atomic E-state index is 0.439. The molecular formula is C17H30N2O. The highest BCUT2D eigenvalue weighted by atomic mass is 16.2. The van der Waals surface area contributed by atoms with E-state index in [9.17, 15) is 4.79 Å². The highest BCUT2D eigenvalue weighted by Crippen LogP contribution is 2.41. The molecule has 1 aliphatic carbocycles. The van der Waals surface area contributed by atoms with Gasteiger partial charge in [-0.3, -0.25) is 4.79 Å². The maximum absolute atomic E-state index is 12.3. The van der Waals surface area contributed by atoms with E-state index in [-0.39, 0.29) is 0 Å². The maximum atomic E-state index is 12.3. The zero-order chi connectivity index (χ0) is 14.2. The van der Waals surface area contributed by atoms with Crippen molar-refractivity contribution in [3.8, 4) is 0 Å². The average Bonchev–Trinajstić information content (AvgIpc) is 2.88. The van der Waals surface area contributed by atoms with Gasteiger partial charge in [0.1, 0.15) is 0 Å². The van der Waals surface area contributed by atoms with Gasteiger partial charge >= 0.3 is 0 Å². The maximum Gasteiger partial charge on any atom is 0.222 e. The molecule has 1 saturated carbocycles. The summed E-state index contributed by atoms with van der Waals surface area (Å²) < 4.78 is 0. The van der Waals surface area contributed by atoms with E-state index in [2.05, 4.69) is 23.6 Å². The molecule has 3 nitrogen and oxygen atoms in total. The molecule has 3 aliphatic rings. The summed E-state index contributed by atoms with van der Waals surface area (Å²) in [6.45, 7) is 9.12. The monoisotopic (exact) mass is 278 g/mol. The molecule has 20 heavy (non-hydrogen) atoms. The molecule has 0 aromatic rings. The number of amides is 1. The van der Waals surface area contributed by atoms with Crippen molar-refractivity contribution in [1.82, 2.24) is 9.80 Å². The Hall–Kier alpha value is -0.570. The van der Waals surface area contributed by atoms with Crippen LogP contribution in [0, 0.1) is 11.3 Å². The first-order valence-electron chi connectivity index (χ1n) is 8.60. The predicted molar refractivity (Wildman–Crippen MR) is 81.5 cm³/mol. The number of hydrogen-bond acceptors (Lipinski definition) is 2. The van der Waals surface area contributed by atoms with Gasteiger partial charge in [0.05, 0.1) is 0 Å². The van der Waals surface area contributed by atoms with Crippen LogP contribution in [0.25, 0.3) is 0 Å². The molecular weight excluding hydrogens is 248 g/mol. The van der Waals surface area contributed by atoms with Crippen molar-refractivity contribution in [1.29, 1.82) is 0 Å². The van der Waals surface area contributed by atoms with Crippen molar-refractivity contribution >= 4 is 5.91 Å². The number of nitrogens with zero attached hydrogens (tertiary/aromatic N) is 2. The van der Waals surface area contributed by atoms with Crippen LogP contribution < -0.4 is 0 Å². The third-order valence-corrected chi connectivity index (χ3v) is 5.93. The molecule has 1 amide bonds. The van der Waals surface area contributed by atoms with Gasteiger partial charge in [-0.25, -0.2) is 0 Å². The summed E-state index contributed by atoms with van der Waals surface area (Å²) in [6, 6.07) is 0.674. The van der Waals surface area contributed by atoms with Crippen LogP contribution in [0.5, 0.6) is 0 Å². The normalized spacial score (nSPS) is 27.2. The first-order chi connectivity index (χ1) is 9.58. The summed E-state index contributed by atoms with van der Waals surface area (Å²) in [7, 11) is 0. The Kier molecular flexibility index (Phi) is 4.07. The smallest absolute Gasteiger partial charge is 0.222 e. The van der Waals surface area contributed by atoms with Gasteiger partial charge in [-0.15, -0.1) is 0 Å². The summed E-state index contributed by atoms with van der Waals surface area (Å²) in [5.41, 5.74) is 0.483. The fourth-order valence-corrected chi connectivity index (χ4v) is 4.36. The molecule has 114 valence electrons. The van der Waals surface area contributed by atoms with Crippen LogP contribution in [0.2, 0.25) is 0 Å². The molecule has 0 N–H and O–H groups in total. The summed E-state index contributed by atoms with van der Waals surface area (Å²) in [5, 5.41) is 0. The number of likely N-dealkylation sites (tertiary alicyclic amines) is 2. The minimum Gasteiger partial charge on any atom is -0.341 e. The second-order valence-corrected chi connectivity index (χ2v) is 7.73. The summed E-state index contributed by atoms with van der Waals surface area (Å²) in [5.74, 6) is 1.13. The summed E-state index contributed by atoms with van der Waals surface area (Å²) in [4.78, 5) is 17.0. The van der Waals surface area contributed by atoms with Gasteiger partial charge in [-0.05, 0) is 58.5 Å². The Morgan fingerprint density at radius 2 is 1.75 bits per heavy atom. The molecule has 1 spiro atoms. The molecule has 0 atom stereocenters. The Morgan fingerprint density at radius 3 is 2.30 bits per heavy atom.